The molecule has 0 atom stereocenters. The lowest BCUT2D eigenvalue weighted by atomic mass is 10.1. The molecular formula is C13H15F3N2O4S. The molecule has 0 radical (unpaired) electrons. The summed E-state index contributed by atoms with van der Waals surface area (Å²) in [6.45, 7) is 4.82. The van der Waals surface area contributed by atoms with E-state index in [9.17, 15) is 26.4 Å². The molecule has 0 saturated heterocycles. The molecule has 0 bridgehead atoms. The van der Waals surface area contributed by atoms with Crippen LogP contribution in [0.1, 0.15) is 20.8 Å². The second kappa shape index (κ2) is 5.29. The molecule has 1 aromatic rings. The summed E-state index contributed by atoms with van der Waals surface area (Å²) in [6, 6.07) is 2.81. The molecule has 1 aliphatic rings. The van der Waals surface area contributed by atoms with E-state index in [0.29, 0.717) is 0 Å². The third-order valence-electron chi connectivity index (χ3n) is 3.05. The van der Waals surface area contributed by atoms with Crippen molar-refractivity contribution < 1.29 is 31.1 Å². The van der Waals surface area contributed by atoms with Crippen molar-refractivity contribution in [2.24, 2.45) is 0 Å². The number of hydrogen-bond donors (Lipinski definition) is 1. The molecule has 2 rings (SSSR count). The van der Waals surface area contributed by atoms with Crippen LogP contribution < -0.4 is 15.2 Å². The van der Waals surface area contributed by atoms with Crippen molar-refractivity contribution in [2.45, 2.75) is 36.8 Å². The van der Waals surface area contributed by atoms with Crippen LogP contribution in [0.2, 0.25) is 0 Å². The Balaban J connectivity index is 2.55. The summed E-state index contributed by atoms with van der Waals surface area (Å²) in [5.41, 5.74) is -3.63. The van der Waals surface area contributed by atoms with Crippen LogP contribution in [0.25, 0.3) is 0 Å². The van der Waals surface area contributed by atoms with Gasteiger partial charge in [-0.3, -0.25) is 15.2 Å². The van der Waals surface area contributed by atoms with Crippen LogP contribution in [0.15, 0.2) is 23.1 Å². The molecule has 1 aromatic carbocycles. The van der Waals surface area contributed by atoms with Gasteiger partial charge in [0.15, 0.2) is 0 Å². The summed E-state index contributed by atoms with van der Waals surface area (Å²) in [5.74, 6) is -0.270. The Hall–Kier alpha value is -1.97. The number of fused-ring (bicyclic) bond motifs is 1. The molecule has 1 aliphatic heterocycles. The van der Waals surface area contributed by atoms with Gasteiger partial charge in [0, 0.05) is 6.92 Å². The molecular weight excluding hydrogens is 337 g/mol. The zero-order chi connectivity index (χ0) is 17.6. The lowest BCUT2D eigenvalue weighted by Crippen LogP contribution is -2.53. The van der Waals surface area contributed by atoms with Crippen LogP contribution >= 0.6 is 0 Å². The summed E-state index contributed by atoms with van der Waals surface area (Å²) < 4.78 is 66.7. The minimum atomic E-state index is -5.49. The van der Waals surface area contributed by atoms with Crippen molar-refractivity contribution in [3.63, 3.8) is 0 Å². The number of hydrazine groups is 1. The second-order valence-corrected chi connectivity index (χ2v) is 7.64. The molecule has 6 nitrogen and oxygen atoms in total. The lowest BCUT2D eigenvalue weighted by Gasteiger charge is -2.40. The summed E-state index contributed by atoms with van der Waals surface area (Å²) in [5, 5.41) is 1.27. The van der Waals surface area contributed by atoms with Crippen LogP contribution in [0.3, 0.4) is 0 Å². The Morgan fingerprint density at radius 1 is 1.35 bits per heavy atom. The van der Waals surface area contributed by atoms with Crippen molar-refractivity contribution in [1.29, 1.82) is 0 Å². The lowest BCUT2D eigenvalue weighted by molar-refractivity contribution is -0.119. The van der Waals surface area contributed by atoms with E-state index < -0.39 is 31.7 Å². The standard InChI is InChI=1S/C13H15F3N2O4S/c1-8(19)17-18-7-12(2,3)22-11-5-4-9(6-10(11)18)23(20,21)13(14,15)16/h4-6H,7H2,1-3H3,(H,17,19). The number of hydrogen-bond acceptors (Lipinski definition) is 5. The Labute approximate surface area is 131 Å². The number of nitrogens with one attached hydrogen (secondary N) is 1. The molecule has 0 aromatic heterocycles. The third-order valence-corrected chi connectivity index (χ3v) is 4.54. The number of benzene rings is 1. The van der Waals surface area contributed by atoms with Crippen LogP contribution in [0, 0.1) is 0 Å². The van der Waals surface area contributed by atoms with Gasteiger partial charge in [-0.15, -0.1) is 0 Å². The van der Waals surface area contributed by atoms with E-state index in [1.165, 1.54) is 11.9 Å². The van der Waals surface area contributed by atoms with E-state index >= 15 is 0 Å². The molecule has 23 heavy (non-hydrogen) atoms. The number of carbonyl (C=O) groups is 1. The van der Waals surface area contributed by atoms with Crippen LogP contribution in [0.4, 0.5) is 18.9 Å². The average Bonchev–Trinajstić information content (AvgIpc) is 2.34. The van der Waals surface area contributed by atoms with Gasteiger partial charge < -0.3 is 4.74 Å². The number of carbonyl (C=O) groups excluding carboxylic acids is 1. The smallest absolute Gasteiger partial charge is 0.484 e. The zero-order valence-corrected chi connectivity index (χ0v) is 13.4. The van der Waals surface area contributed by atoms with E-state index in [0.717, 1.165) is 18.2 Å². The van der Waals surface area contributed by atoms with Crippen molar-refractivity contribution in [3.8, 4) is 5.75 Å². The van der Waals surface area contributed by atoms with Gasteiger partial charge in [0.25, 0.3) is 9.84 Å². The van der Waals surface area contributed by atoms with Gasteiger partial charge in [-0.2, -0.15) is 13.2 Å². The molecule has 0 aliphatic carbocycles. The van der Waals surface area contributed by atoms with Crippen LogP contribution in [-0.4, -0.2) is 32.0 Å². The quantitative estimate of drug-likeness (QED) is 0.881. The summed E-state index contributed by atoms with van der Waals surface area (Å²) >= 11 is 0. The van der Waals surface area contributed by atoms with E-state index in [2.05, 4.69) is 5.43 Å². The Morgan fingerprint density at radius 2 is 1.96 bits per heavy atom. The van der Waals surface area contributed by atoms with Crippen LogP contribution in [0.5, 0.6) is 5.75 Å². The molecule has 1 heterocycles. The summed E-state index contributed by atoms with van der Waals surface area (Å²) in [7, 11) is -5.49. The predicted octanol–water partition coefficient (Wildman–Crippen LogP) is 2.01. The van der Waals surface area contributed by atoms with E-state index in [1.54, 1.807) is 13.8 Å². The first-order chi connectivity index (χ1) is 10.3. The topological polar surface area (TPSA) is 75.7 Å². The number of ether oxygens (including phenoxy) is 1. The minimum absolute atomic E-state index is 0.0462. The normalized spacial score (nSPS) is 17.2. The molecule has 0 fully saturated rings. The highest BCUT2D eigenvalue weighted by atomic mass is 32.2. The number of rotatable bonds is 2. The number of halogens is 3. The Morgan fingerprint density at radius 3 is 2.48 bits per heavy atom. The van der Waals surface area contributed by atoms with Crippen molar-refractivity contribution in [1.82, 2.24) is 5.43 Å². The van der Waals surface area contributed by atoms with E-state index in [1.807, 2.05) is 0 Å². The van der Waals surface area contributed by atoms with Crippen molar-refractivity contribution >= 4 is 21.4 Å². The molecule has 0 saturated carbocycles. The molecule has 128 valence electrons. The number of sulfone groups is 1. The first kappa shape index (κ1) is 17.4. The van der Waals surface area contributed by atoms with Gasteiger partial charge in [-0.25, -0.2) is 8.42 Å². The fraction of sp³-hybridized carbons (Fsp3) is 0.462. The molecule has 0 unspecified atom stereocenters. The number of amides is 1. The van der Waals surface area contributed by atoms with Gasteiger partial charge in [0.1, 0.15) is 17.0 Å². The first-order valence-electron chi connectivity index (χ1n) is 6.53. The second-order valence-electron chi connectivity index (χ2n) is 5.69. The number of nitrogens with zero attached hydrogens (tertiary/aromatic N) is 1. The van der Waals surface area contributed by atoms with Gasteiger partial charge >= 0.3 is 5.51 Å². The molecule has 10 heteroatoms. The fourth-order valence-electron chi connectivity index (χ4n) is 2.18. The average molecular weight is 352 g/mol. The zero-order valence-electron chi connectivity index (χ0n) is 12.6. The van der Waals surface area contributed by atoms with Gasteiger partial charge in [0.05, 0.1) is 11.4 Å². The number of anilines is 1. The highest BCUT2D eigenvalue weighted by Crippen LogP contribution is 2.40. The maximum absolute atomic E-state index is 12.7. The maximum Gasteiger partial charge on any atom is 0.501 e. The summed E-state index contributed by atoms with van der Waals surface area (Å²) in [6.07, 6.45) is 0. The SMILES string of the molecule is CC(=O)NN1CC(C)(C)Oc2ccc(S(=O)(=O)C(F)(F)F)cc21. The summed E-state index contributed by atoms with van der Waals surface area (Å²) in [4.78, 5) is 10.4. The highest BCUT2D eigenvalue weighted by molar-refractivity contribution is 7.92. The number of alkyl halides is 3. The minimum Gasteiger partial charge on any atom is -0.484 e. The van der Waals surface area contributed by atoms with Gasteiger partial charge in [0.2, 0.25) is 5.91 Å². The van der Waals surface area contributed by atoms with Crippen LogP contribution in [-0.2, 0) is 14.6 Å². The monoisotopic (exact) mass is 352 g/mol. The van der Waals surface area contributed by atoms with E-state index in [-0.39, 0.29) is 18.0 Å². The Bertz CT molecular complexity index is 744. The highest BCUT2D eigenvalue weighted by Gasteiger charge is 2.47. The third kappa shape index (κ3) is 3.36. The fourth-order valence-corrected chi connectivity index (χ4v) is 2.96. The molecule has 0 spiro atoms. The largest absolute Gasteiger partial charge is 0.501 e. The van der Waals surface area contributed by atoms with Crippen molar-refractivity contribution in [3.05, 3.63) is 18.2 Å². The predicted molar refractivity (Wildman–Crippen MR) is 75.6 cm³/mol. The molecule has 1 amide bonds. The van der Waals surface area contributed by atoms with Crippen molar-refractivity contribution in [2.75, 3.05) is 11.6 Å². The molecule has 1 N–H and O–H groups in total. The van der Waals surface area contributed by atoms with E-state index in [4.69, 9.17) is 4.74 Å². The van der Waals surface area contributed by atoms with Gasteiger partial charge in [-0.1, -0.05) is 0 Å². The first-order valence-corrected chi connectivity index (χ1v) is 8.01. The maximum atomic E-state index is 12.7. The Kier molecular flexibility index (Phi) is 4.00. The van der Waals surface area contributed by atoms with Gasteiger partial charge in [-0.05, 0) is 32.0 Å².